The van der Waals surface area contributed by atoms with Gasteiger partial charge in [0.2, 0.25) is 5.03 Å². The molecule has 3 heterocycles. The van der Waals surface area contributed by atoms with Gasteiger partial charge in [0.15, 0.2) is 5.82 Å². The van der Waals surface area contributed by atoms with Crippen LogP contribution in [-0.4, -0.2) is 46.4 Å². The number of piperidine rings is 1. The maximum atomic E-state index is 12.8. The van der Waals surface area contributed by atoms with Crippen LogP contribution in [0.2, 0.25) is 0 Å². The zero-order valence-electron chi connectivity index (χ0n) is 11.3. The molecule has 3 rings (SSSR count). The van der Waals surface area contributed by atoms with Crippen molar-refractivity contribution in [3.63, 3.8) is 0 Å². The molecule has 1 aliphatic rings. The number of sulfonamides is 1. The predicted molar refractivity (Wildman–Crippen MR) is 77.0 cm³/mol. The first-order valence-electron chi connectivity index (χ1n) is 6.66. The number of aliphatic hydroxyl groups excluding tert-OH is 1. The van der Waals surface area contributed by atoms with Crippen molar-refractivity contribution in [1.82, 2.24) is 13.7 Å². The third kappa shape index (κ3) is 2.38. The standard InChI is InChI=1S/C12H17N5O3S/c13-15-11-12(17-6-2-1-3-10(17)14-11)21(19,20)16-7-4-9(18)5-8-16/h1-3,6,9,15,18H,4-5,7-8,13H2. The molecular formula is C12H17N5O3S. The van der Waals surface area contributed by atoms with E-state index in [-0.39, 0.29) is 23.9 Å². The fourth-order valence-corrected chi connectivity index (χ4v) is 4.21. The number of rotatable bonds is 3. The van der Waals surface area contributed by atoms with Crippen LogP contribution in [0, 0.1) is 0 Å². The number of nitrogens with two attached hydrogens (primary N) is 1. The van der Waals surface area contributed by atoms with Crippen LogP contribution in [0.3, 0.4) is 0 Å². The maximum absolute atomic E-state index is 12.8. The maximum Gasteiger partial charge on any atom is 0.262 e. The molecule has 0 bridgehead atoms. The van der Waals surface area contributed by atoms with E-state index in [0.717, 1.165) is 0 Å². The average Bonchev–Trinajstić information content (AvgIpc) is 2.87. The van der Waals surface area contributed by atoms with Crippen LogP contribution in [0.1, 0.15) is 12.8 Å². The Kier molecular flexibility index (Phi) is 3.57. The zero-order valence-corrected chi connectivity index (χ0v) is 12.1. The minimum absolute atomic E-state index is 0.0250. The molecule has 1 aliphatic heterocycles. The minimum Gasteiger partial charge on any atom is -0.393 e. The molecule has 0 amide bonds. The number of anilines is 1. The summed E-state index contributed by atoms with van der Waals surface area (Å²) in [5.74, 6) is 5.53. The third-order valence-corrected chi connectivity index (χ3v) is 5.55. The second-order valence-electron chi connectivity index (χ2n) is 4.97. The monoisotopic (exact) mass is 311 g/mol. The predicted octanol–water partition coefficient (Wildman–Crippen LogP) is -0.235. The van der Waals surface area contributed by atoms with Crippen LogP contribution < -0.4 is 11.3 Å². The Bertz CT molecular complexity index is 749. The molecule has 2 aromatic rings. The summed E-state index contributed by atoms with van der Waals surface area (Å²) in [5, 5.41) is 9.55. The molecular weight excluding hydrogens is 294 g/mol. The molecule has 0 unspecified atom stereocenters. The Morgan fingerprint density at radius 2 is 2.05 bits per heavy atom. The Morgan fingerprint density at radius 1 is 1.33 bits per heavy atom. The number of hydrazine groups is 1. The first-order chi connectivity index (χ1) is 10.0. The lowest BCUT2D eigenvalue weighted by atomic mass is 10.1. The van der Waals surface area contributed by atoms with Gasteiger partial charge in [-0.1, -0.05) is 6.07 Å². The van der Waals surface area contributed by atoms with Crippen LogP contribution in [0.5, 0.6) is 0 Å². The van der Waals surface area contributed by atoms with E-state index in [9.17, 15) is 13.5 Å². The number of hydrogen-bond acceptors (Lipinski definition) is 6. The highest BCUT2D eigenvalue weighted by Gasteiger charge is 2.33. The number of pyridine rings is 1. The molecule has 1 fully saturated rings. The lowest BCUT2D eigenvalue weighted by Gasteiger charge is -2.28. The molecule has 0 spiro atoms. The summed E-state index contributed by atoms with van der Waals surface area (Å²) >= 11 is 0. The lowest BCUT2D eigenvalue weighted by Crippen LogP contribution is -2.40. The minimum atomic E-state index is -3.73. The number of nitrogens with zero attached hydrogens (tertiary/aromatic N) is 3. The Hall–Kier alpha value is -1.68. The Labute approximate surface area is 122 Å². The second kappa shape index (κ2) is 5.26. The van der Waals surface area contributed by atoms with Crippen molar-refractivity contribution in [2.75, 3.05) is 18.5 Å². The van der Waals surface area contributed by atoms with Gasteiger partial charge in [-0.15, -0.1) is 0 Å². The van der Waals surface area contributed by atoms with Gasteiger partial charge < -0.3 is 10.5 Å². The van der Waals surface area contributed by atoms with Gasteiger partial charge in [0, 0.05) is 19.3 Å². The number of fused-ring (bicyclic) bond motifs is 1. The Balaban J connectivity index is 2.10. The zero-order chi connectivity index (χ0) is 15.0. The van der Waals surface area contributed by atoms with E-state index in [0.29, 0.717) is 18.5 Å². The summed E-state index contributed by atoms with van der Waals surface area (Å²) < 4.78 is 28.5. The molecule has 114 valence electrons. The molecule has 0 aliphatic carbocycles. The fraction of sp³-hybridized carbons (Fsp3) is 0.417. The van der Waals surface area contributed by atoms with Gasteiger partial charge >= 0.3 is 0 Å². The normalized spacial score (nSPS) is 18.2. The first-order valence-corrected chi connectivity index (χ1v) is 8.10. The number of imidazole rings is 1. The van der Waals surface area contributed by atoms with Crippen LogP contribution >= 0.6 is 0 Å². The van der Waals surface area contributed by atoms with Crippen molar-refractivity contribution in [2.24, 2.45) is 5.84 Å². The molecule has 21 heavy (non-hydrogen) atoms. The van der Waals surface area contributed by atoms with E-state index in [1.807, 2.05) is 0 Å². The summed E-state index contributed by atoms with van der Waals surface area (Å²) in [5.41, 5.74) is 2.85. The molecule has 4 N–H and O–H groups in total. The van der Waals surface area contributed by atoms with Gasteiger partial charge in [0.05, 0.1) is 6.10 Å². The molecule has 0 radical (unpaired) electrons. The molecule has 0 saturated carbocycles. The SMILES string of the molecule is NNc1nc2ccccn2c1S(=O)(=O)N1CCC(O)CC1. The van der Waals surface area contributed by atoms with Gasteiger partial charge in [-0.25, -0.2) is 19.2 Å². The Morgan fingerprint density at radius 3 is 2.71 bits per heavy atom. The topological polar surface area (TPSA) is 113 Å². The molecule has 9 heteroatoms. The second-order valence-corrected chi connectivity index (χ2v) is 6.83. The van der Waals surface area contributed by atoms with Crippen molar-refractivity contribution in [3.8, 4) is 0 Å². The number of nitrogen functional groups attached to an aromatic ring is 1. The van der Waals surface area contributed by atoms with E-state index in [4.69, 9.17) is 5.84 Å². The largest absolute Gasteiger partial charge is 0.393 e. The van der Waals surface area contributed by atoms with Crippen molar-refractivity contribution in [3.05, 3.63) is 24.4 Å². The number of nitrogens with one attached hydrogen (secondary N) is 1. The lowest BCUT2D eigenvalue weighted by molar-refractivity contribution is 0.113. The summed E-state index contributed by atoms with van der Waals surface area (Å²) in [6.45, 7) is 0.571. The van der Waals surface area contributed by atoms with E-state index in [2.05, 4.69) is 10.4 Å². The molecule has 1 saturated heterocycles. The quantitative estimate of drug-likeness (QED) is 0.533. The fourth-order valence-electron chi connectivity index (χ4n) is 2.52. The number of aromatic nitrogens is 2. The van der Waals surface area contributed by atoms with Gasteiger partial charge in [0.25, 0.3) is 10.0 Å². The highest BCUT2D eigenvalue weighted by Crippen LogP contribution is 2.27. The molecule has 8 nitrogen and oxygen atoms in total. The van der Waals surface area contributed by atoms with Gasteiger partial charge in [-0.2, -0.15) is 4.31 Å². The van der Waals surface area contributed by atoms with Gasteiger partial charge in [-0.05, 0) is 25.0 Å². The van der Waals surface area contributed by atoms with E-state index < -0.39 is 16.1 Å². The first kappa shape index (κ1) is 14.3. The van der Waals surface area contributed by atoms with Crippen molar-refractivity contribution >= 4 is 21.5 Å². The van der Waals surface area contributed by atoms with Crippen LogP contribution in [0.25, 0.3) is 5.65 Å². The summed E-state index contributed by atoms with van der Waals surface area (Å²) in [4.78, 5) is 4.18. The van der Waals surface area contributed by atoms with Crippen molar-refractivity contribution < 1.29 is 13.5 Å². The number of hydrogen-bond donors (Lipinski definition) is 3. The molecule has 2 aromatic heterocycles. The van der Waals surface area contributed by atoms with Crippen LogP contribution in [0.4, 0.5) is 5.82 Å². The van der Waals surface area contributed by atoms with E-state index in [1.165, 1.54) is 8.71 Å². The van der Waals surface area contributed by atoms with Gasteiger partial charge in [0.1, 0.15) is 5.65 Å². The highest BCUT2D eigenvalue weighted by atomic mass is 32.2. The summed E-state index contributed by atoms with van der Waals surface area (Å²) in [6, 6.07) is 5.21. The van der Waals surface area contributed by atoms with Crippen LogP contribution in [-0.2, 0) is 10.0 Å². The molecule has 0 atom stereocenters. The number of aliphatic hydroxyl groups is 1. The average molecular weight is 311 g/mol. The van der Waals surface area contributed by atoms with E-state index >= 15 is 0 Å². The summed E-state index contributed by atoms with van der Waals surface area (Å²) in [6.07, 6.45) is 2.06. The third-order valence-electron chi connectivity index (χ3n) is 3.63. The van der Waals surface area contributed by atoms with Crippen LogP contribution in [0.15, 0.2) is 29.4 Å². The van der Waals surface area contributed by atoms with Crippen molar-refractivity contribution in [2.45, 2.75) is 24.0 Å². The smallest absolute Gasteiger partial charge is 0.262 e. The highest BCUT2D eigenvalue weighted by molar-refractivity contribution is 7.89. The molecule has 0 aromatic carbocycles. The summed E-state index contributed by atoms with van der Waals surface area (Å²) in [7, 11) is -3.73. The van der Waals surface area contributed by atoms with Gasteiger partial charge in [-0.3, -0.25) is 4.40 Å². The van der Waals surface area contributed by atoms with Crippen molar-refractivity contribution in [1.29, 1.82) is 0 Å². The van der Waals surface area contributed by atoms with E-state index in [1.54, 1.807) is 24.4 Å².